The van der Waals surface area contributed by atoms with Gasteiger partial charge in [0.1, 0.15) is 0 Å². The molecule has 0 rings (SSSR count). The lowest BCUT2D eigenvalue weighted by atomic mass is 10.0. The lowest BCUT2D eigenvalue weighted by molar-refractivity contribution is 0.0941. The Balaban J connectivity index is 3.77. The normalized spacial score (nSPS) is 13.8. The van der Waals surface area contributed by atoms with Crippen molar-refractivity contribution in [3.63, 3.8) is 0 Å². The summed E-state index contributed by atoms with van der Waals surface area (Å²) >= 11 is 0. The number of aliphatic hydroxyl groups is 1. The minimum Gasteiger partial charge on any atom is -0.392 e. The van der Waals surface area contributed by atoms with Crippen LogP contribution >= 0.6 is 0 Å². The second-order valence-electron chi connectivity index (χ2n) is 10.0. The number of hydrogen-bond acceptors (Lipinski definition) is 2. The van der Waals surface area contributed by atoms with E-state index in [2.05, 4.69) is 32.6 Å². The van der Waals surface area contributed by atoms with Gasteiger partial charge in [0.2, 0.25) is 0 Å². The van der Waals surface area contributed by atoms with Crippen LogP contribution in [0.2, 0.25) is 0 Å². The van der Waals surface area contributed by atoms with E-state index < -0.39 is 0 Å². The molecule has 0 aliphatic carbocycles. The van der Waals surface area contributed by atoms with Gasteiger partial charge in [0.15, 0.2) is 0 Å². The summed E-state index contributed by atoms with van der Waals surface area (Å²) in [6.45, 7) is 12.4. The molecule has 182 valence electrons. The number of rotatable bonds is 24. The van der Waals surface area contributed by atoms with E-state index in [4.69, 9.17) is 0 Å². The van der Waals surface area contributed by atoms with Crippen LogP contribution < -0.4 is 0 Å². The van der Waals surface area contributed by atoms with E-state index in [9.17, 15) is 5.11 Å². The molecule has 0 spiro atoms. The fourth-order valence-corrected chi connectivity index (χ4v) is 4.64. The van der Waals surface area contributed by atoms with Crippen molar-refractivity contribution in [1.29, 1.82) is 0 Å². The van der Waals surface area contributed by atoms with E-state index >= 15 is 0 Å². The molecule has 2 heteroatoms. The Bertz CT molecular complexity index is 292. The highest BCUT2D eigenvalue weighted by atomic mass is 16.3. The summed E-state index contributed by atoms with van der Waals surface area (Å²) < 4.78 is 0. The molecule has 2 unspecified atom stereocenters. The highest BCUT2D eigenvalue weighted by Crippen LogP contribution is 2.16. The summed E-state index contributed by atoms with van der Waals surface area (Å²) in [7, 11) is 0. The fourth-order valence-electron chi connectivity index (χ4n) is 4.64. The summed E-state index contributed by atoms with van der Waals surface area (Å²) in [5.74, 6) is 0.756. The maximum Gasteiger partial charge on any atom is 0.0667 e. The molecule has 0 saturated carbocycles. The third-order valence-corrected chi connectivity index (χ3v) is 6.52. The van der Waals surface area contributed by atoms with Crippen LogP contribution in [0.1, 0.15) is 150 Å². The third kappa shape index (κ3) is 21.2. The monoisotopic (exact) mass is 425 g/mol. The highest BCUT2D eigenvalue weighted by Gasteiger charge is 2.14. The predicted octanol–water partition coefficient (Wildman–Crippen LogP) is 8.76. The average molecular weight is 426 g/mol. The Hall–Kier alpha value is -0.0800. The SMILES string of the molecule is CCCCCCCCCCC(C)CN(CCC)CC(O)CCCCCCCCCC. The molecule has 0 bridgehead atoms. The lowest BCUT2D eigenvalue weighted by Crippen LogP contribution is -2.36. The van der Waals surface area contributed by atoms with Crippen molar-refractivity contribution in [2.45, 2.75) is 156 Å². The van der Waals surface area contributed by atoms with E-state index in [1.165, 1.54) is 122 Å². The zero-order valence-corrected chi connectivity index (χ0v) is 21.6. The average Bonchev–Trinajstić information content (AvgIpc) is 2.72. The van der Waals surface area contributed by atoms with E-state index in [1.54, 1.807) is 0 Å². The van der Waals surface area contributed by atoms with Gasteiger partial charge in [-0.3, -0.25) is 0 Å². The molecule has 0 aromatic carbocycles. The Morgan fingerprint density at radius 1 is 0.533 bits per heavy atom. The minimum absolute atomic E-state index is 0.132. The molecule has 0 aliphatic rings. The standard InChI is InChI=1S/C28H59NO/c1-5-8-10-12-14-16-18-20-22-27(4)25-29(24-7-3)26-28(30)23-21-19-17-15-13-11-9-6-2/h27-28,30H,5-26H2,1-4H3. The highest BCUT2D eigenvalue weighted by molar-refractivity contribution is 4.68. The number of hydrogen-bond donors (Lipinski definition) is 1. The largest absolute Gasteiger partial charge is 0.392 e. The van der Waals surface area contributed by atoms with Gasteiger partial charge in [-0.2, -0.15) is 0 Å². The number of unbranched alkanes of at least 4 members (excludes halogenated alkanes) is 14. The molecule has 2 nitrogen and oxygen atoms in total. The Morgan fingerprint density at radius 3 is 1.43 bits per heavy atom. The van der Waals surface area contributed by atoms with Crippen molar-refractivity contribution < 1.29 is 5.11 Å². The molecule has 30 heavy (non-hydrogen) atoms. The first-order chi connectivity index (χ1) is 14.6. The molecule has 0 radical (unpaired) electrons. The van der Waals surface area contributed by atoms with Crippen molar-refractivity contribution in [1.82, 2.24) is 4.90 Å². The van der Waals surface area contributed by atoms with Crippen molar-refractivity contribution >= 4 is 0 Å². The molecule has 0 aromatic heterocycles. The summed E-state index contributed by atoms with van der Waals surface area (Å²) in [6.07, 6.45) is 25.4. The van der Waals surface area contributed by atoms with Gasteiger partial charge in [0.25, 0.3) is 0 Å². The van der Waals surface area contributed by atoms with Gasteiger partial charge in [0, 0.05) is 13.1 Å². The molecule has 0 aromatic rings. The quantitative estimate of drug-likeness (QED) is 0.156. The second-order valence-corrected chi connectivity index (χ2v) is 10.0. The molecule has 1 N–H and O–H groups in total. The van der Waals surface area contributed by atoms with Crippen LogP contribution in [-0.2, 0) is 0 Å². The lowest BCUT2D eigenvalue weighted by Gasteiger charge is -2.27. The number of nitrogens with zero attached hydrogens (tertiary/aromatic N) is 1. The van der Waals surface area contributed by atoms with E-state index in [0.29, 0.717) is 0 Å². The van der Waals surface area contributed by atoms with E-state index in [0.717, 1.165) is 25.4 Å². The predicted molar refractivity (Wildman–Crippen MR) is 136 cm³/mol. The molecular formula is C28H59NO. The topological polar surface area (TPSA) is 23.5 Å². The second kappa shape index (κ2) is 23.6. The minimum atomic E-state index is -0.132. The maximum absolute atomic E-state index is 10.5. The van der Waals surface area contributed by atoms with Crippen molar-refractivity contribution in [3.8, 4) is 0 Å². The van der Waals surface area contributed by atoms with Crippen LogP contribution in [0.25, 0.3) is 0 Å². The Labute approximate surface area is 191 Å². The van der Waals surface area contributed by atoms with Crippen LogP contribution in [-0.4, -0.2) is 35.7 Å². The van der Waals surface area contributed by atoms with E-state index in [1.807, 2.05) is 0 Å². The van der Waals surface area contributed by atoms with Gasteiger partial charge in [-0.05, 0) is 31.7 Å². The van der Waals surface area contributed by atoms with Gasteiger partial charge >= 0.3 is 0 Å². The zero-order valence-electron chi connectivity index (χ0n) is 21.6. The first kappa shape index (κ1) is 29.9. The van der Waals surface area contributed by atoms with Gasteiger partial charge in [-0.15, -0.1) is 0 Å². The molecule has 2 atom stereocenters. The molecule has 0 aliphatic heterocycles. The first-order valence-electron chi connectivity index (χ1n) is 14.0. The molecule has 0 heterocycles. The van der Waals surface area contributed by atoms with Crippen LogP contribution in [0.15, 0.2) is 0 Å². The molecule has 0 fully saturated rings. The zero-order chi connectivity index (χ0) is 22.3. The number of aliphatic hydroxyl groups excluding tert-OH is 1. The molecule has 0 saturated heterocycles. The van der Waals surface area contributed by atoms with E-state index in [-0.39, 0.29) is 6.10 Å². The molecule has 0 amide bonds. The van der Waals surface area contributed by atoms with Crippen LogP contribution in [0.5, 0.6) is 0 Å². The van der Waals surface area contributed by atoms with Gasteiger partial charge < -0.3 is 10.0 Å². The molecular weight excluding hydrogens is 366 g/mol. The van der Waals surface area contributed by atoms with Gasteiger partial charge in [0.05, 0.1) is 6.10 Å². The third-order valence-electron chi connectivity index (χ3n) is 6.52. The maximum atomic E-state index is 10.5. The summed E-state index contributed by atoms with van der Waals surface area (Å²) in [5, 5.41) is 10.5. The van der Waals surface area contributed by atoms with Crippen LogP contribution in [0, 0.1) is 5.92 Å². The summed E-state index contributed by atoms with van der Waals surface area (Å²) in [6, 6.07) is 0. The fraction of sp³-hybridized carbons (Fsp3) is 1.00. The van der Waals surface area contributed by atoms with Crippen molar-refractivity contribution in [2.75, 3.05) is 19.6 Å². The summed E-state index contributed by atoms with van der Waals surface area (Å²) in [4.78, 5) is 2.53. The summed E-state index contributed by atoms with van der Waals surface area (Å²) in [5.41, 5.74) is 0. The van der Waals surface area contributed by atoms with Gasteiger partial charge in [-0.1, -0.05) is 130 Å². The smallest absolute Gasteiger partial charge is 0.0667 e. The van der Waals surface area contributed by atoms with Gasteiger partial charge in [-0.25, -0.2) is 0 Å². The van der Waals surface area contributed by atoms with Crippen LogP contribution in [0.3, 0.4) is 0 Å². The Morgan fingerprint density at radius 2 is 0.967 bits per heavy atom. The first-order valence-corrected chi connectivity index (χ1v) is 14.0. The van der Waals surface area contributed by atoms with Crippen LogP contribution in [0.4, 0.5) is 0 Å². The Kier molecular flexibility index (Phi) is 23.5. The van der Waals surface area contributed by atoms with Crippen molar-refractivity contribution in [3.05, 3.63) is 0 Å². The van der Waals surface area contributed by atoms with Crippen molar-refractivity contribution in [2.24, 2.45) is 5.92 Å².